The highest BCUT2D eigenvalue weighted by molar-refractivity contribution is 5.93. The number of benzene rings is 1. The van der Waals surface area contributed by atoms with Crippen molar-refractivity contribution in [3.05, 3.63) is 52.6 Å². The molecule has 0 heterocycles. The molecule has 0 unspecified atom stereocenters. The molecule has 0 aliphatic heterocycles. The molecule has 3 nitrogen and oxygen atoms in total. The summed E-state index contributed by atoms with van der Waals surface area (Å²) in [5.41, 5.74) is 5.58. The van der Waals surface area contributed by atoms with Crippen LogP contribution in [0.3, 0.4) is 0 Å². The van der Waals surface area contributed by atoms with Crippen LogP contribution in [0, 0.1) is 34.5 Å². The summed E-state index contributed by atoms with van der Waals surface area (Å²) in [6.45, 7) is 16.4. The van der Waals surface area contributed by atoms with Gasteiger partial charge in [-0.2, -0.15) is 0 Å². The zero-order valence-corrected chi connectivity index (χ0v) is 24.7. The van der Waals surface area contributed by atoms with Gasteiger partial charge in [0.05, 0.1) is 0 Å². The average Bonchev–Trinajstić information content (AvgIpc) is 3.13. The summed E-state index contributed by atoms with van der Waals surface area (Å²) in [5, 5.41) is 12.2. The minimum absolute atomic E-state index is 0.137. The van der Waals surface area contributed by atoms with Crippen molar-refractivity contribution in [3.8, 4) is 11.8 Å². The molecule has 1 N–H and O–H groups in total. The van der Waals surface area contributed by atoms with Gasteiger partial charge < -0.3 is 10.0 Å². The van der Waals surface area contributed by atoms with Gasteiger partial charge in [-0.15, -0.1) is 0 Å². The molecule has 5 rings (SSSR count). The second-order valence-electron chi connectivity index (χ2n) is 13.9. The molecule has 4 aliphatic carbocycles. The molecular formula is C35H47NO2. The number of hydrogen-bond acceptors (Lipinski definition) is 3. The van der Waals surface area contributed by atoms with Crippen molar-refractivity contribution in [2.45, 2.75) is 111 Å². The van der Waals surface area contributed by atoms with Gasteiger partial charge in [-0.3, -0.25) is 4.79 Å². The van der Waals surface area contributed by atoms with Gasteiger partial charge in [0.25, 0.3) is 0 Å². The maximum atomic E-state index is 12.3. The maximum Gasteiger partial charge on any atom is 0.156 e. The summed E-state index contributed by atoms with van der Waals surface area (Å²) in [5.74, 6) is 8.26. The van der Waals surface area contributed by atoms with Crippen LogP contribution in [0.4, 0.5) is 5.69 Å². The highest BCUT2D eigenvalue weighted by Crippen LogP contribution is 2.66. The predicted molar refractivity (Wildman–Crippen MR) is 157 cm³/mol. The fourth-order valence-corrected chi connectivity index (χ4v) is 8.20. The van der Waals surface area contributed by atoms with E-state index in [2.05, 4.69) is 89.5 Å². The van der Waals surface area contributed by atoms with E-state index in [1.165, 1.54) is 22.4 Å². The number of fused-ring (bicyclic) bond motifs is 4. The van der Waals surface area contributed by atoms with E-state index in [0.717, 1.165) is 45.1 Å². The van der Waals surface area contributed by atoms with Gasteiger partial charge in [-0.25, -0.2) is 0 Å². The summed E-state index contributed by atoms with van der Waals surface area (Å²) in [6.07, 6.45) is 8.19. The lowest BCUT2D eigenvalue weighted by Crippen LogP contribution is -2.51. The molecule has 0 aromatic heterocycles. The van der Waals surface area contributed by atoms with E-state index in [4.69, 9.17) is 0 Å². The third kappa shape index (κ3) is 4.58. The van der Waals surface area contributed by atoms with Crippen LogP contribution in [0.15, 0.2) is 47.1 Å². The van der Waals surface area contributed by atoms with Crippen LogP contribution in [0.25, 0.3) is 0 Å². The third-order valence-electron chi connectivity index (χ3n) is 10.1. The average molecular weight is 514 g/mol. The van der Waals surface area contributed by atoms with Crippen LogP contribution in [-0.4, -0.2) is 29.1 Å². The SMILES string of the molecule is CCN(c1ccc([C@H]2C[C@@]3(C)[C@@H](CC[C@@]3(O)C#CC(C)(C)C)[C@@H]3CCC4=CC(=O)CCC4=C32)cc1)C(C)C. The summed E-state index contributed by atoms with van der Waals surface area (Å²) in [4.78, 5) is 14.8. The molecule has 0 saturated heterocycles. The first kappa shape index (κ1) is 27.3. The molecule has 3 heteroatoms. The molecule has 1 aromatic rings. The largest absolute Gasteiger partial charge is 0.377 e. The van der Waals surface area contributed by atoms with Gasteiger partial charge >= 0.3 is 0 Å². The van der Waals surface area contributed by atoms with Crippen molar-refractivity contribution in [1.29, 1.82) is 0 Å². The Hall–Kier alpha value is -2.31. The van der Waals surface area contributed by atoms with Crippen LogP contribution < -0.4 is 4.90 Å². The van der Waals surface area contributed by atoms with Gasteiger partial charge in [0.2, 0.25) is 0 Å². The van der Waals surface area contributed by atoms with Crippen LogP contribution in [0.5, 0.6) is 0 Å². The molecule has 1 aromatic carbocycles. The maximum absolute atomic E-state index is 12.3. The molecule has 4 aliphatic rings. The van der Waals surface area contributed by atoms with Gasteiger partial charge in [0.1, 0.15) is 5.60 Å². The van der Waals surface area contributed by atoms with Gasteiger partial charge in [0, 0.05) is 41.4 Å². The monoisotopic (exact) mass is 513 g/mol. The van der Waals surface area contributed by atoms with Crippen LogP contribution in [0.2, 0.25) is 0 Å². The molecular weight excluding hydrogens is 466 g/mol. The standard InChI is InChI=1S/C35H47NO2/c1-8-36(23(2)3)26-12-9-24(10-13-26)30-22-34(7)31(17-18-35(34,38)20-19-33(4,5)6)29-15-11-25-21-27(37)14-16-28(25)32(29)30/h9-10,12-13,21,23,29-31,38H,8,11,14-18,22H2,1-7H3/t29-,30+,31-,34-,35+/m0/s1. The summed E-state index contributed by atoms with van der Waals surface area (Å²) in [6, 6.07) is 9.70. The van der Waals surface area contributed by atoms with Crippen LogP contribution in [0.1, 0.15) is 105 Å². The number of aliphatic hydroxyl groups is 1. The number of ketones is 1. The Morgan fingerprint density at radius 3 is 2.45 bits per heavy atom. The molecule has 2 saturated carbocycles. The lowest BCUT2D eigenvalue weighted by Gasteiger charge is -2.53. The number of nitrogens with zero attached hydrogens (tertiary/aromatic N) is 1. The molecule has 0 spiro atoms. The summed E-state index contributed by atoms with van der Waals surface area (Å²) in [7, 11) is 0. The Balaban J connectivity index is 1.62. The third-order valence-corrected chi connectivity index (χ3v) is 10.1. The highest BCUT2D eigenvalue weighted by Gasteiger charge is 2.62. The Morgan fingerprint density at radius 1 is 1.11 bits per heavy atom. The van der Waals surface area contributed by atoms with E-state index in [0.29, 0.717) is 24.3 Å². The van der Waals surface area contributed by atoms with Gasteiger partial charge in [-0.1, -0.05) is 36.5 Å². The van der Waals surface area contributed by atoms with E-state index in [1.807, 2.05) is 6.08 Å². The first-order chi connectivity index (χ1) is 17.9. The molecule has 5 atom stereocenters. The van der Waals surface area contributed by atoms with Crippen molar-refractivity contribution >= 4 is 11.5 Å². The Bertz CT molecular complexity index is 1220. The van der Waals surface area contributed by atoms with E-state index < -0.39 is 5.60 Å². The molecule has 0 bridgehead atoms. The Labute approximate surface area is 230 Å². The second kappa shape index (κ2) is 9.71. The second-order valence-corrected chi connectivity index (χ2v) is 13.9. The lowest BCUT2D eigenvalue weighted by atomic mass is 9.51. The van der Waals surface area contributed by atoms with E-state index in [1.54, 1.807) is 5.57 Å². The Kier molecular flexibility index (Phi) is 6.96. The number of rotatable bonds is 4. The number of carbonyl (C=O) groups is 1. The fourth-order valence-electron chi connectivity index (χ4n) is 8.20. The normalized spacial score (nSPS) is 32.7. The first-order valence-electron chi connectivity index (χ1n) is 15.0. The minimum atomic E-state index is -0.964. The first-order valence-corrected chi connectivity index (χ1v) is 15.0. The van der Waals surface area contributed by atoms with E-state index in [-0.39, 0.29) is 22.5 Å². The van der Waals surface area contributed by atoms with Crippen molar-refractivity contribution in [3.63, 3.8) is 0 Å². The zero-order valence-electron chi connectivity index (χ0n) is 24.7. The lowest BCUT2D eigenvalue weighted by molar-refractivity contribution is -0.114. The molecule has 204 valence electrons. The predicted octanol–water partition coefficient (Wildman–Crippen LogP) is 7.60. The smallest absolute Gasteiger partial charge is 0.156 e. The molecule has 0 amide bonds. The Morgan fingerprint density at radius 2 is 1.82 bits per heavy atom. The number of anilines is 1. The van der Waals surface area contributed by atoms with Crippen LogP contribution in [-0.2, 0) is 4.79 Å². The van der Waals surface area contributed by atoms with Crippen molar-refractivity contribution in [2.75, 3.05) is 11.4 Å². The quantitative estimate of drug-likeness (QED) is 0.421. The number of allylic oxidation sites excluding steroid dienone is 4. The molecule has 2 fully saturated rings. The summed E-state index contributed by atoms with van der Waals surface area (Å²) >= 11 is 0. The highest BCUT2D eigenvalue weighted by atomic mass is 16.3. The number of carbonyl (C=O) groups excluding carboxylic acids is 1. The van der Waals surface area contributed by atoms with Gasteiger partial charge in [-0.05, 0) is 127 Å². The fraction of sp³-hybridized carbons (Fsp3) is 0.629. The zero-order chi connectivity index (χ0) is 27.5. The van der Waals surface area contributed by atoms with Crippen molar-refractivity contribution in [2.24, 2.45) is 22.7 Å². The van der Waals surface area contributed by atoms with Crippen molar-refractivity contribution < 1.29 is 9.90 Å². The molecule has 0 radical (unpaired) electrons. The summed E-state index contributed by atoms with van der Waals surface area (Å²) < 4.78 is 0. The van der Waals surface area contributed by atoms with E-state index >= 15 is 0 Å². The number of hydrogen-bond donors (Lipinski definition) is 1. The minimum Gasteiger partial charge on any atom is -0.377 e. The van der Waals surface area contributed by atoms with Crippen LogP contribution >= 0.6 is 0 Å². The van der Waals surface area contributed by atoms with Crippen molar-refractivity contribution in [1.82, 2.24) is 0 Å². The van der Waals surface area contributed by atoms with E-state index in [9.17, 15) is 9.90 Å². The topological polar surface area (TPSA) is 40.5 Å². The van der Waals surface area contributed by atoms with Gasteiger partial charge in [0.15, 0.2) is 5.78 Å². The molecule has 38 heavy (non-hydrogen) atoms.